The van der Waals surface area contributed by atoms with Gasteiger partial charge in [-0.2, -0.15) is 4.99 Å². The van der Waals surface area contributed by atoms with Gasteiger partial charge in [0.15, 0.2) is 0 Å². The van der Waals surface area contributed by atoms with E-state index in [2.05, 4.69) is 15.2 Å². The Morgan fingerprint density at radius 2 is 2.06 bits per heavy atom. The van der Waals surface area contributed by atoms with Crippen LogP contribution < -0.4 is 20.5 Å². The number of nitrogens with one attached hydrogen (secondary N) is 1. The fourth-order valence-corrected chi connectivity index (χ4v) is 4.34. The molecule has 11 heteroatoms. The van der Waals surface area contributed by atoms with Crippen LogP contribution in [0, 0.1) is 5.82 Å². The van der Waals surface area contributed by atoms with Gasteiger partial charge >= 0.3 is 6.30 Å². The lowest BCUT2D eigenvalue weighted by Crippen LogP contribution is -2.54. The molecule has 34 heavy (non-hydrogen) atoms. The van der Waals surface area contributed by atoms with Crippen molar-refractivity contribution in [3.8, 4) is 11.5 Å². The lowest BCUT2D eigenvalue weighted by Gasteiger charge is -2.44. The van der Waals surface area contributed by atoms with E-state index in [0.717, 1.165) is 0 Å². The molecule has 2 aromatic carbocycles. The molecule has 3 atom stereocenters. The summed E-state index contributed by atoms with van der Waals surface area (Å²) in [6.45, 7) is 4.06. The summed E-state index contributed by atoms with van der Waals surface area (Å²) in [4.78, 5) is 4.88. The van der Waals surface area contributed by atoms with Crippen LogP contribution in [0.15, 0.2) is 35.3 Å². The first kappa shape index (κ1) is 24.1. The fraction of sp³-hybridized carbons (Fsp3) is 0.435. The number of alkyl halides is 3. The molecule has 2 aliphatic heterocycles. The Labute approximate surface area is 194 Å². The first-order valence-electron chi connectivity index (χ1n) is 10.8. The van der Waals surface area contributed by atoms with E-state index in [-0.39, 0.29) is 30.0 Å². The Hall–Kier alpha value is -3.05. The molecule has 0 spiro atoms. The van der Waals surface area contributed by atoms with Crippen molar-refractivity contribution in [2.45, 2.75) is 31.4 Å². The molecule has 0 radical (unpaired) electrons. The van der Waals surface area contributed by atoms with Gasteiger partial charge in [-0.3, -0.25) is 4.90 Å². The first-order valence-corrected chi connectivity index (χ1v) is 10.8. The average molecular weight is 482 g/mol. The molecular formula is C23H26F4N4O3. The van der Waals surface area contributed by atoms with Crippen LogP contribution in [0.3, 0.4) is 0 Å². The quantitative estimate of drug-likeness (QED) is 0.290. The van der Waals surface area contributed by atoms with E-state index in [0.29, 0.717) is 48.7 Å². The van der Waals surface area contributed by atoms with Crippen molar-refractivity contribution < 1.29 is 31.8 Å². The van der Waals surface area contributed by atoms with E-state index < -0.39 is 18.2 Å². The van der Waals surface area contributed by atoms with Crippen molar-refractivity contribution >= 4 is 17.6 Å². The van der Waals surface area contributed by atoms with Crippen molar-refractivity contribution in [3.05, 3.63) is 47.3 Å². The number of morpholine rings is 1. The summed E-state index contributed by atoms with van der Waals surface area (Å²) in [5.41, 5.74) is 7.18. The SMILES string of the molecule is COc1cc(N)c(/C=N/C(F)(F)F)c(NC2c3ccc(F)cc3OCC2N2CCOC(C)C2)c1. The number of fused-ring (bicyclic) bond motifs is 1. The number of benzene rings is 2. The van der Waals surface area contributed by atoms with Gasteiger partial charge in [-0.25, -0.2) is 4.39 Å². The van der Waals surface area contributed by atoms with Gasteiger partial charge in [0.05, 0.1) is 31.9 Å². The Morgan fingerprint density at radius 3 is 2.76 bits per heavy atom. The Balaban J connectivity index is 1.77. The lowest BCUT2D eigenvalue weighted by molar-refractivity contribution is -0.119. The zero-order valence-corrected chi connectivity index (χ0v) is 18.7. The second-order valence-electron chi connectivity index (χ2n) is 8.26. The molecule has 3 unspecified atom stereocenters. The third-order valence-electron chi connectivity index (χ3n) is 5.92. The van der Waals surface area contributed by atoms with Crippen LogP contribution in [0.25, 0.3) is 0 Å². The number of nitrogen functional groups attached to an aromatic ring is 1. The highest BCUT2D eigenvalue weighted by Gasteiger charge is 2.37. The Morgan fingerprint density at radius 1 is 1.26 bits per heavy atom. The standard InChI is InChI=1S/C23H26F4N4O3/c1-13-11-31(5-6-33-13)20-12-34-21-7-14(24)3-4-16(21)22(20)30-19-9-15(32-2)8-18(28)17(19)10-29-23(25,26)27/h3-4,7-10,13,20,22,30H,5-6,11-12,28H2,1-2H3/b29-10+. The largest absolute Gasteiger partial charge is 0.503 e. The molecule has 1 fully saturated rings. The predicted molar refractivity (Wildman–Crippen MR) is 120 cm³/mol. The molecule has 0 amide bonds. The molecule has 0 saturated carbocycles. The van der Waals surface area contributed by atoms with Crippen molar-refractivity contribution in [2.24, 2.45) is 4.99 Å². The summed E-state index contributed by atoms with van der Waals surface area (Å²) in [6.07, 6.45) is -4.06. The molecule has 7 nitrogen and oxygen atoms in total. The van der Waals surface area contributed by atoms with Crippen molar-refractivity contribution in [2.75, 3.05) is 44.5 Å². The number of rotatable bonds is 5. The third-order valence-corrected chi connectivity index (χ3v) is 5.92. The van der Waals surface area contributed by atoms with Crippen molar-refractivity contribution in [1.82, 2.24) is 4.90 Å². The summed E-state index contributed by atoms with van der Waals surface area (Å²) < 4.78 is 69.2. The topological polar surface area (TPSA) is 81.3 Å². The van der Waals surface area contributed by atoms with E-state index in [1.54, 1.807) is 12.1 Å². The molecule has 0 bridgehead atoms. The zero-order valence-electron chi connectivity index (χ0n) is 18.7. The van der Waals surface area contributed by atoms with Gasteiger partial charge in [-0.15, -0.1) is 13.2 Å². The predicted octanol–water partition coefficient (Wildman–Crippen LogP) is 3.99. The summed E-state index contributed by atoms with van der Waals surface area (Å²) in [5, 5.41) is 3.34. The number of aliphatic imine (C=N–C) groups is 1. The third kappa shape index (κ3) is 5.36. The van der Waals surface area contributed by atoms with Gasteiger partial charge in [-0.05, 0) is 13.0 Å². The second kappa shape index (κ2) is 9.67. The molecule has 2 aliphatic rings. The molecular weight excluding hydrogens is 456 g/mol. The van der Waals surface area contributed by atoms with Crippen LogP contribution in [0.4, 0.5) is 28.9 Å². The van der Waals surface area contributed by atoms with E-state index in [1.807, 2.05) is 6.92 Å². The maximum Gasteiger partial charge on any atom is 0.503 e. The number of hydrogen-bond donors (Lipinski definition) is 2. The van der Waals surface area contributed by atoms with Crippen LogP contribution in [-0.2, 0) is 4.74 Å². The highest BCUT2D eigenvalue weighted by Crippen LogP contribution is 2.39. The molecule has 2 heterocycles. The minimum absolute atomic E-state index is 0.00552. The Bertz CT molecular complexity index is 1060. The molecule has 2 aromatic rings. The number of ether oxygens (including phenoxy) is 3. The highest BCUT2D eigenvalue weighted by atomic mass is 19.4. The number of anilines is 2. The number of halogens is 4. The van der Waals surface area contributed by atoms with E-state index in [4.69, 9.17) is 19.9 Å². The molecule has 4 rings (SSSR count). The van der Waals surface area contributed by atoms with Crippen molar-refractivity contribution in [1.29, 1.82) is 0 Å². The lowest BCUT2D eigenvalue weighted by atomic mass is 9.93. The normalized spacial score (nSPS) is 23.4. The van der Waals surface area contributed by atoms with E-state index in [9.17, 15) is 17.6 Å². The van der Waals surface area contributed by atoms with Gasteiger partial charge < -0.3 is 25.3 Å². The van der Waals surface area contributed by atoms with Crippen molar-refractivity contribution in [3.63, 3.8) is 0 Å². The first-order chi connectivity index (χ1) is 16.1. The molecule has 0 aliphatic carbocycles. The van der Waals surface area contributed by atoms with Crippen LogP contribution >= 0.6 is 0 Å². The highest BCUT2D eigenvalue weighted by molar-refractivity contribution is 5.95. The van der Waals surface area contributed by atoms with Crippen LogP contribution in [0.5, 0.6) is 11.5 Å². The van der Waals surface area contributed by atoms with Crippen LogP contribution in [0.1, 0.15) is 24.1 Å². The Kier molecular flexibility index (Phi) is 6.85. The molecule has 0 aromatic heterocycles. The van der Waals surface area contributed by atoms with Crippen LogP contribution in [-0.4, -0.2) is 63.0 Å². The molecule has 3 N–H and O–H groups in total. The maximum atomic E-state index is 13.9. The number of nitrogens with two attached hydrogens (primary N) is 1. The smallest absolute Gasteiger partial charge is 0.497 e. The minimum Gasteiger partial charge on any atom is -0.497 e. The summed E-state index contributed by atoms with van der Waals surface area (Å²) in [5.74, 6) is 0.295. The average Bonchev–Trinajstić information content (AvgIpc) is 2.77. The summed E-state index contributed by atoms with van der Waals surface area (Å²) >= 11 is 0. The monoisotopic (exact) mass is 482 g/mol. The number of nitrogens with zero attached hydrogens (tertiary/aromatic N) is 2. The fourth-order valence-electron chi connectivity index (χ4n) is 4.34. The van der Waals surface area contributed by atoms with Crippen LogP contribution in [0.2, 0.25) is 0 Å². The van der Waals surface area contributed by atoms with Gasteiger partial charge in [-0.1, -0.05) is 6.07 Å². The van der Waals surface area contributed by atoms with Gasteiger partial charge in [0.2, 0.25) is 0 Å². The van der Waals surface area contributed by atoms with Gasteiger partial charge in [0.25, 0.3) is 0 Å². The van der Waals surface area contributed by atoms with E-state index >= 15 is 0 Å². The minimum atomic E-state index is -4.75. The number of methoxy groups -OCH3 is 1. The van der Waals surface area contributed by atoms with Gasteiger partial charge in [0, 0.05) is 60.0 Å². The second-order valence-corrected chi connectivity index (χ2v) is 8.26. The zero-order chi connectivity index (χ0) is 24.5. The molecule has 184 valence electrons. The summed E-state index contributed by atoms with van der Waals surface area (Å²) in [7, 11) is 1.44. The van der Waals surface area contributed by atoms with Gasteiger partial charge in [0.1, 0.15) is 23.9 Å². The number of hydrogen-bond acceptors (Lipinski definition) is 7. The molecule has 1 saturated heterocycles. The van der Waals surface area contributed by atoms with E-state index in [1.165, 1.54) is 25.3 Å². The summed E-state index contributed by atoms with van der Waals surface area (Å²) in [6, 6.07) is 6.58. The maximum absolute atomic E-state index is 13.9.